The fourth-order valence-corrected chi connectivity index (χ4v) is 4.51. The number of carbonyl (C=O) groups excluding carboxylic acids is 1. The minimum absolute atomic E-state index is 0.0139. The molecule has 4 heteroatoms. The van der Waals surface area contributed by atoms with Crippen molar-refractivity contribution < 1.29 is 13.7 Å². The minimum Gasteiger partial charge on any atom is -0.381 e. The zero-order chi connectivity index (χ0) is 12.3. The monoisotopic (exact) mass is 258 g/mol. The second kappa shape index (κ2) is 6.10. The summed E-state index contributed by atoms with van der Waals surface area (Å²) in [6.45, 7) is 3.44. The van der Waals surface area contributed by atoms with E-state index in [9.17, 15) is 9.00 Å². The molecule has 2 rings (SSSR count). The van der Waals surface area contributed by atoms with Crippen LogP contribution in [0, 0.1) is 11.8 Å². The van der Waals surface area contributed by atoms with Crippen molar-refractivity contribution in [3.05, 3.63) is 0 Å². The Balaban J connectivity index is 1.81. The molecule has 0 spiro atoms. The molecule has 1 aliphatic carbocycles. The van der Waals surface area contributed by atoms with Crippen LogP contribution in [0.3, 0.4) is 0 Å². The molecule has 1 aliphatic heterocycles. The van der Waals surface area contributed by atoms with Gasteiger partial charge in [0, 0.05) is 28.6 Å². The van der Waals surface area contributed by atoms with E-state index in [2.05, 4.69) is 6.92 Å². The van der Waals surface area contributed by atoms with E-state index in [1.807, 2.05) is 0 Å². The lowest BCUT2D eigenvalue weighted by atomic mass is 9.91. The number of Topliss-reactive ketones (excluding diaryl/α,β-unsaturated/α-hetero) is 1. The molecule has 2 aliphatic rings. The van der Waals surface area contributed by atoms with E-state index in [0.717, 1.165) is 25.7 Å². The topological polar surface area (TPSA) is 43.4 Å². The van der Waals surface area contributed by atoms with Gasteiger partial charge in [-0.25, -0.2) is 0 Å². The Hall–Kier alpha value is -0.220. The number of hydrogen-bond acceptors (Lipinski definition) is 3. The third-order valence-electron chi connectivity index (χ3n) is 3.93. The van der Waals surface area contributed by atoms with Crippen LogP contribution in [0.15, 0.2) is 0 Å². The smallest absolute Gasteiger partial charge is 0.150 e. The largest absolute Gasteiger partial charge is 0.381 e. The summed E-state index contributed by atoms with van der Waals surface area (Å²) in [6, 6.07) is 0. The zero-order valence-electron chi connectivity index (χ0n) is 10.5. The number of carbonyl (C=O) groups is 1. The average molecular weight is 258 g/mol. The van der Waals surface area contributed by atoms with Crippen LogP contribution in [0.1, 0.15) is 39.0 Å². The Morgan fingerprint density at radius 3 is 2.82 bits per heavy atom. The molecule has 17 heavy (non-hydrogen) atoms. The summed E-state index contributed by atoms with van der Waals surface area (Å²) in [5.74, 6) is 1.09. The van der Waals surface area contributed by atoms with Gasteiger partial charge in [0.25, 0.3) is 0 Å². The average Bonchev–Trinajstić information content (AvgIpc) is 2.82. The highest BCUT2D eigenvalue weighted by molar-refractivity contribution is 7.86. The standard InChI is InChI=1S/C13H22O3S/c1-10-3-2-4-12(7-10)17(15)9-13(14)11-5-6-16-8-11/h10-12H,2-9H2,1H3. The molecule has 0 bridgehead atoms. The molecule has 3 nitrogen and oxygen atoms in total. The molecule has 98 valence electrons. The maximum absolute atomic E-state index is 12.2. The van der Waals surface area contributed by atoms with E-state index in [-0.39, 0.29) is 22.7 Å². The van der Waals surface area contributed by atoms with E-state index in [4.69, 9.17) is 4.74 Å². The van der Waals surface area contributed by atoms with Gasteiger partial charge in [0.05, 0.1) is 12.4 Å². The number of ketones is 1. The van der Waals surface area contributed by atoms with Crippen LogP contribution < -0.4 is 0 Å². The van der Waals surface area contributed by atoms with Crippen LogP contribution >= 0.6 is 0 Å². The van der Waals surface area contributed by atoms with Gasteiger partial charge in [-0.2, -0.15) is 0 Å². The SMILES string of the molecule is CC1CCCC(S(=O)CC(=O)C2CCOC2)C1. The lowest BCUT2D eigenvalue weighted by Crippen LogP contribution is -2.30. The van der Waals surface area contributed by atoms with Crippen molar-refractivity contribution in [2.75, 3.05) is 19.0 Å². The molecule has 1 saturated carbocycles. The highest BCUT2D eigenvalue weighted by Gasteiger charge is 2.29. The summed E-state index contributed by atoms with van der Waals surface area (Å²) in [4.78, 5) is 11.9. The summed E-state index contributed by atoms with van der Waals surface area (Å²) in [6.07, 6.45) is 5.29. The summed E-state index contributed by atoms with van der Waals surface area (Å²) >= 11 is 0. The van der Waals surface area contributed by atoms with Crippen molar-refractivity contribution in [2.24, 2.45) is 11.8 Å². The van der Waals surface area contributed by atoms with Gasteiger partial charge in [0.15, 0.2) is 5.78 Å². The molecule has 0 aromatic rings. The molecule has 1 heterocycles. The Morgan fingerprint density at radius 1 is 1.35 bits per heavy atom. The molecule has 2 fully saturated rings. The van der Waals surface area contributed by atoms with Crippen LogP contribution in [0.2, 0.25) is 0 Å². The normalized spacial score (nSPS) is 35.7. The number of hydrogen-bond donors (Lipinski definition) is 0. The van der Waals surface area contributed by atoms with Crippen molar-refractivity contribution >= 4 is 16.6 Å². The first kappa shape index (κ1) is 13.2. The van der Waals surface area contributed by atoms with Crippen molar-refractivity contribution in [3.8, 4) is 0 Å². The van der Waals surface area contributed by atoms with Gasteiger partial charge in [0.1, 0.15) is 0 Å². The molecule has 4 atom stereocenters. The summed E-state index contributed by atoms with van der Waals surface area (Å²) in [7, 11) is -0.958. The van der Waals surface area contributed by atoms with E-state index < -0.39 is 10.8 Å². The molecular weight excluding hydrogens is 236 g/mol. The maximum Gasteiger partial charge on any atom is 0.150 e. The predicted molar refractivity (Wildman–Crippen MR) is 68.4 cm³/mol. The van der Waals surface area contributed by atoms with Crippen molar-refractivity contribution in [3.63, 3.8) is 0 Å². The molecule has 0 amide bonds. The third kappa shape index (κ3) is 3.62. The predicted octanol–water partition coefficient (Wildman–Crippen LogP) is 1.92. The number of ether oxygens (including phenoxy) is 1. The van der Waals surface area contributed by atoms with Crippen LogP contribution in [-0.2, 0) is 20.3 Å². The van der Waals surface area contributed by atoms with Gasteiger partial charge < -0.3 is 4.74 Å². The van der Waals surface area contributed by atoms with Gasteiger partial charge >= 0.3 is 0 Å². The Labute approximate surface area is 106 Å². The first-order valence-corrected chi connectivity index (χ1v) is 8.02. The molecule has 0 N–H and O–H groups in total. The van der Waals surface area contributed by atoms with Crippen molar-refractivity contribution in [1.29, 1.82) is 0 Å². The van der Waals surface area contributed by atoms with Gasteiger partial charge in [-0.15, -0.1) is 0 Å². The zero-order valence-corrected chi connectivity index (χ0v) is 11.3. The summed E-state index contributed by atoms with van der Waals surface area (Å²) < 4.78 is 17.4. The van der Waals surface area contributed by atoms with E-state index in [1.165, 1.54) is 6.42 Å². The van der Waals surface area contributed by atoms with Gasteiger partial charge in [0.2, 0.25) is 0 Å². The Bertz CT molecular complexity index is 297. The van der Waals surface area contributed by atoms with Gasteiger partial charge in [-0.1, -0.05) is 19.8 Å². The van der Waals surface area contributed by atoms with Crippen molar-refractivity contribution in [2.45, 2.75) is 44.3 Å². The number of rotatable bonds is 4. The molecule has 0 aromatic heterocycles. The van der Waals surface area contributed by atoms with Crippen LogP contribution in [0.25, 0.3) is 0 Å². The van der Waals surface area contributed by atoms with Crippen LogP contribution in [0.4, 0.5) is 0 Å². The second-order valence-corrected chi connectivity index (χ2v) is 7.16. The Kier molecular flexibility index (Phi) is 4.74. The highest BCUT2D eigenvalue weighted by Crippen LogP contribution is 2.27. The summed E-state index contributed by atoms with van der Waals surface area (Å²) in [5, 5.41) is 0.255. The quantitative estimate of drug-likeness (QED) is 0.774. The van der Waals surface area contributed by atoms with Crippen molar-refractivity contribution in [1.82, 2.24) is 0 Å². The Morgan fingerprint density at radius 2 is 2.18 bits per heavy atom. The lowest BCUT2D eigenvalue weighted by Gasteiger charge is -2.26. The molecule has 1 saturated heterocycles. The van der Waals surface area contributed by atoms with Gasteiger partial charge in [-0.05, 0) is 25.2 Å². The second-order valence-electron chi connectivity index (χ2n) is 5.45. The van der Waals surface area contributed by atoms with Crippen LogP contribution in [0.5, 0.6) is 0 Å². The van der Waals surface area contributed by atoms with Crippen LogP contribution in [-0.4, -0.2) is 34.2 Å². The van der Waals surface area contributed by atoms with E-state index in [0.29, 0.717) is 19.1 Å². The molecule has 0 aromatic carbocycles. The molecule has 0 radical (unpaired) electrons. The maximum atomic E-state index is 12.2. The highest BCUT2D eigenvalue weighted by atomic mass is 32.2. The van der Waals surface area contributed by atoms with E-state index >= 15 is 0 Å². The first-order valence-electron chi connectivity index (χ1n) is 6.64. The third-order valence-corrected chi connectivity index (χ3v) is 5.67. The lowest BCUT2D eigenvalue weighted by molar-refractivity contribution is -0.120. The van der Waals surface area contributed by atoms with Gasteiger partial charge in [-0.3, -0.25) is 9.00 Å². The fourth-order valence-electron chi connectivity index (χ4n) is 2.78. The molecular formula is C13H22O3S. The van der Waals surface area contributed by atoms with E-state index in [1.54, 1.807) is 0 Å². The fraction of sp³-hybridized carbons (Fsp3) is 0.923. The minimum atomic E-state index is -0.958. The first-order chi connectivity index (χ1) is 8.16. The molecule has 4 unspecified atom stereocenters. The summed E-state index contributed by atoms with van der Waals surface area (Å²) in [5.41, 5.74) is 0.